The molecule has 0 N–H and O–H groups in total. The van der Waals surface area contributed by atoms with Crippen LogP contribution in [0.25, 0.3) is 21.3 Å². The Labute approximate surface area is 171 Å². The highest BCUT2D eigenvalue weighted by atomic mass is 35.5. The van der Waals surface area contributed by atoms with E-state index in [1.54, 1.807) is 35.9 Å². The minimum atomic E-state index is -0.255. The van der Waals surface area contributed by atoms with Crippen LogP contribution in [0, 0.1) is 12.7 Å². The van der Waals surface area contributed by atoms with Crippen LogP contribution in [-0.2, 0) is 6.42 Å². The third kappa shape index (κ3) is 3.70. The Bertz CT molecular complexity index is 1110. The van der Waals surface area contributed by atoms with Crippen molar-refractivity contribution in [3.8, 4) is 11.1 Å². The molecule has 0 saturated heterocycles. The number of anilines is 1. The van der Waals surface area contributed by atoms with Gasteiger partial charge < -0.3 is 4.90 Å². The molecule has 4 nitrogen and oxygen atoms in total. The van der Waals surface area contributed by atoms with Gasteiger partial charge in [-0.2, -0.15) is 4.98 Å². The molecule has 4 aromatic rings. The van der Waals surface area contributed by atoms with Gasteiger partial charge in [-0.1, -0.05) is 12.1 Å². The van der Waals surface area contributed by atoms with Crippen LogP contribution in [0.2, 0.25) is 5.28 Å². The van der Waals surface area contributed by atoms with Gasteiger partial charge in [0.25, 0.3) is 0 Å². The van der Waals surface area contributed by atoms with Crippen molar-refractivity contribution in [2.45, 2.75) is 13.3 Å². The predicted octanol–water partition coefficient (Wildman–Crippen LogP) is 5.53. The normalized spacial score (nSPS) is 11.1. The highest BCUT2D eigenvalue weighted by molar-refractivity contribution is 7.19. The number of thiophene rings is 1. The van der Waals surface area contributed by atoms with Crippen molar-refractivity contribution < 1.29 is 4.39 Å². The van der Waals surface area contributed by atoms with Crippen molar-refractivity contribution in [2.24, 2.45) is 0 Å². The molecule has 0 bridgehead atoms. The van der Waals surface area contributed by atoms with Crippen LogP contribution in [0.5, 0.6) is 0 Å². The average Bonchev–Trinajstić information content (AvgIpc) is 3.02. The van der Waals surface area contributed by atoms with Crippen LogP contribution in [0.3, 0.4) is 0 Å². The first kappa shape index (κ1) is 18.8. The summed E-state index contributed by atoms with van der Waals surface area (Å²) in [5, 5.41) is 1.18. The van der Waals surface area contributed by atoms with E-state index in [0.717, 1.165) is 45.0 Å². The third-order valence-electron chi connectivity index (χ3n) is 4.66. The van der Waals surface area contributed by atoms with E-state index in [2.05, 4.69) is 19.9 Å². The Morgan fingerprint density at radius 3 is 2.50 bits per heavy atom. The fraction of sp³-hybridized carbons (Fsp3) is 0.190. The molecule has 0 fully saturated rings. The molecule has 3 aromatic heterocycles. The number of aromatic nitrogens is 3. The summed E-state index contributed by atoms with van der Waals surface area (Å²) in [6.45, 7) is 2.81. The molecule has 3 heterocycles. The van der Waals surface area contributed by atoms with E-state index in [1.807, 2.05) is 26.1 Å². The second kappa shape index (κ2) is 7.81. The molecule has 142 valence electrons. The molecule has 0 saturated carbocycles. The Kier molecular flexibility index (Phi) is 5.24. The molecule has 0 aliphatic heterocycles. The summed E-state index contributed by atoms with van der Waals surface area (Å²) in [7, 11) is 2.00. The van der Waals surface area contributed by atoms with E-state index in [1.165, 1.54) is 17.7 Å². The topological polar surface area (TPSA) is 41.9 Å². The Morgan fingerprint density at radius 2 is 1.79 bits per heavy atom. The first-order valence-electron chi connectivity index (χ1n) is 8.85. The van der Waals surface area contributed by atoms with Crippen molar-refractivity contribution in [3.05, 3.63) is 70.3 Å². The monoisotopic (exact) mass is 412 g/mol. The lowest BCUT2D eigenvalue weighted by Crippen LogP contribution is -2.22. The number of benzene rings is 1. The highest BCUT2D eigenvalue weighted by Crippen LogP contribution is 2.42. The van der Waals surface area contributed by atoms with Gasteiger partial charge >= 0.3 is 0 Å². The number of likely N-dealkylation sites (N-methyl/N-ethyl adjacent to an activating group) is 1. The third-order valence-corrected chi connectivity index (χ3v) is 5.83. The van der Waals surface area contributed by atoms with Gasteiger partial charge in [-0.25, -0.2) is 9.37 Å². The molecule has 28 heavy (non-hydrogen) atoms. The van der Waals surface area contributed by atoms with Crippen molar-refractivity contribution in [3.63, 3.8) is 0 Å². The van der Waals surface area contributed by atoms with E-state index >= 15 is 0 Å². The number of hydrogen-bond donors (Lipinski definition) is 0. The maximum absolute atomic E-state index is 13.4. The zero-order valence-electron chi connectivity index (χ0n) is 15.5. The van der Waals surface area contributed by atoms with Crippen LogP contribution >= 0.6 is 22.9 Å². The van der Waals surface area contributed by atoms with Crippen LogP contribution in [0.4, 0.5) is 10.2 Å². The number of nitrogens with zero attached hydrogens (tertiary/aromatic N) is 4. The molecule has 0 aliphatic carbocycles. The molecule has 4 rings (SSSR count). The minimum Gasteiger partial charge on any atom is -0.359 e. The first-order chi connectivity index (χ1) is 13.5. The smallest absolute Gasteiger partial charge is 0.225 e. The van der Waals surface area contributed by atoms with E-state index in [4.69, 9.17) is 11.6 Å². The summed E-state index contributed by atoms with van der Waals surface area (Å²) in [6.07, 6.45) is 4.45. The summed E-state index contributed by atoms with van der Waals surface area (Å²) in [4.78, 5) is 17.0. The molecule has 0 spiro atoms. The fourth-order valence-corrected chi connectivity index (χ4v) is 4.52. The molecular formula is C21H18ClFN4S. The summed E-state index contributed by atoms with van der Waals surface area (Å²) < 4.78 is 13.4. The number of pyridine rings is 1. The zero-order valence-corrected chi connectivity index (χ0v) is 17.1. The van der Waals surface area contributed by atoms with Gasteiger partial charge in [0.2, 0.25) is 5.28 Å². The van der Waals surface area contributed by atoms with Crippen molar-refractivity contribution in [2.75, 3.05) is 18.5 Å². The first-order valence-corrected chi connectivity index (χ1v) is 10.0. The highest BCUT2D eigenvalue weighted by Gasteiger charge is 2.20. The number of aryl methyl sites for hydroxylation is 1. The summed E-state index contributed by atoms with van der Waals surface area (Å²) in [5.74, 6) is 0.530. The Hall–Kier alpha value is -2.57. The second-order valence-electron chi connectivity index (χ2n) is 6.56. The molecule has 1 aromatic carbocycles. The van der Waals surface area contributed by atoms with E-state index < -0.39 is 0 Å². The SMILES string of the molecule is Cc1sc2nc(Cl)nc(N(C)CCc3ccncc3)c2c1-c1ccc(F)cc1. The van der Waals surface area contributed by atoms with E-state index in [-0.39, 0.29) is 11.1 Å². The number of rotatable bonds is 5. The largest absolute Gasteiger partial charge is 0.359 e. The minimum absolute atomic E-state index is 0.227. The van der Waals surface area contributed by atoms with Crippen LogP contribution in [-0.4, -0.2) is 28.5 Å². The average molecular weight is 413 g/mol. The lowest BCUT2D eigenvalue weighted by atomic mass is 10.0. The van der Waals surface area contributed by atoms with Crippen molar-refractivity contribution in [1.82, 2.24) is 15.0 Å². The lowest BCUT2D eigenvalue weighted by Gasteiger charge is -2.20. The maximum Gasteiger partial charge on any atom is 0.225 e. The van der Waals surface area contributed by atoms with E-state index in [0.29, 0.717) is 0 Å². The van der Waals surface area contributed by atoms with Gasteiger partial charge in [0.05, 0.1) is 5.39 Å². The van der Waals surface area contributed by atoms with E-state index in [9.17, 15) is 4.39 Å². The summed E-state index contributed by atoms with van der Waals surface area (Å²) >= 11 is 7.79. The van der Waals surface area contributed by atoms with Crippen molar-refractivity contribution in [1.29, 1.82) is 0 Å². The van der Waals surface area contributed by atoms with Gasteiger partial charge in [-0.3, -0.25) is 4.98 Å². The molecule has 0 unspecified atom stereocenters. The summed E-state index contributed by atoms with van der Waals surface area (Å²) in [5.41, 5.74) is 3.18. The van der Waals surface area contributed by atoms with Gasteiger partial charge in [0, 0.05) is 36.4 Å². The number of fused-ring (bicyclic) bond motifs is 1. The van der Waals surface area contributed by atoms with Crippen LogP contribution in [0.15, 0.2) is 48.8 Å². The predicted molar refractivity (Wildman–Crippen MR) is 114 cm³/mol. The second-order valence-corrected chi connectivity index (χ2v) is 8.10. The maximum atomic E-state index is 13.4. The number of hydrogen-bond acceptors (Lipinski definition) is 5. The Morgan fingerprint density at radius 1 is 1.07 bits per heavy atom. The number of halogens is 2. The molecular weight excluding hydrogens is 395 g/mol. The van der Waals surface area contributed by atoms with Gasteiger partial charge in [-0.15, -0.1) is 11.3 Å². The van der Waals surface area contributed by atoms with Crippen molar-refractivity contribution >= 4 is 39.0 Å². The van der Waals surface area contributed by atoms with Gasteiger partial charge in [0.1, 0.15) is 16.5 Å². The Balaban J connectivity index is 1.77. The lowest BCUT2D eigenvalue weighted by molar-refractivity contribution is 0.628. The molecule has 0 atom stereocenters. The molecule has 0 aliphatic rings. The molecule has 7 heteroatoms. The van der Waals surface area contributed by atoms with Crippen LogP contribution < -0.4 is 4.90 Å². The quantitative estimate of drug-likeness (QED) is 0.404. The standard InChI is InChI=1S/C21H18ClFN4S/c1-13-17(15-3-5-16(23)6-4-15)18-19(25-21(22)26-20(18)28-13)27(2)12-9-14-7-10-24-11-8-14/h3-8,10-11H,9,12H2,1-2H3. The zero-order chi connectivity index (χ0) is 19.7. The van der Waals surface area contributed by atoms with Crippen LogP contribution in [0.1, 0.15) is 10.4 Å². The fourth-order valence-electron chi connectivity index (χ4n) is 3.26. The molecule has 0 radical (unpaired) electrons. The summed E-state index contributed by atoms with van der Waals surface area (Å²) in [6, 6.07) is 10.5. The molecule has 0 amide bonds. The van der Waals surface area contributed by atoms with Gasteiger partial charge in [-0.05, 0) is 60.3 Å². The van der Waals surface area contributed by atoms with Gasteiger partial charge in [0.15, 0.2) is 0 Å².